The predicted molar refractivity (Wildman–Crippen MR) is 53.7 cm³/mol. The Morgan fingerprint density at radius 2 is 2.29 bits per heavy atom. The van der Waals surface area contributed by atoms with Crippen molar-refractivity contribution in [1.82, 2.24) is 15.2 Å². The predicted octanol–water partition coefficient (Wildman–Crippen LogP) is 0.895. The van der Waals surface area contributed by atoms with Crippen LogP contribution in [0.1, 0.15) is 17.3 Å². The molecule has 1 unspecified atom stereocenters. The Labute approximate surface area is 82.2 Å². The van der Waals surface area contributed by atoms with E-state index in [0.717, 1.165) is 11.4 Å². The fourth-order valence-electron chi connectivity index (χ4n) is 1.47. The lowest BCUT2D eigenvalue weighted by atomic mass is 10.0. The molecule has 14 heavy (non-hydrogen) atoms. The Morgan fingerprint density at radius 1 is 1.36 bits per heavy atom. The largest absolute Gasteiger partial charge is 0.364 e. The third-order valence-corrected chi connectivity index (χ3v) is 2.18. The molecule has 0 radical (unpaired) electrons. The smallest absolute Gasteiger partial charge is 0.0733 e. The molecule has 0 amide bonds. The summed E-state index contributed by atoms with van der Waals surface area (Å²) in [5, 5.41) is 7.90. The van der Waals surface area contributed by atoms with E-state index in [2.05, 4.69) is 15.2 Å². The minimum absolute atomic E-state index is 0.110. The Morgan fingerprint density at radius 3 is 2.86 bits per heavy atom. The second-order valence-corrected chi connectivity index (χ2v) is 3.06. The van der Waals surface area contributed by atoms with Crippen LogP contribution in [0.25, 0.3) is 0 Å². The molecule has 2 aromatic rings. The van der Waals surface area contributed by atoms with Crippen molar-refractivity contribution in [3.8, 4) is 0 Å². The Hall–Kier alpha value is -1.68. The van der Waals surface area contributed by atoms with Gasteiger partial charge in [-0.25, -0.2) is 0 Å². The number of nitrogens with one attached hydrogen (secondary N) is 1. The molecule has 72 valence electrons. The molecular weight excluding hydrogens is 176 g/mol. The van der Waals surface area contributed by atoms with E-state index in [-0.39, 0.29) is 5.92 Å². The van der Waals surface area contributed by atoms with Crippen molar-refractivity contribution in [2.75, 3.05) is 6.54 Å². The number of nitrogens with zero attached hydrogens (tertiary/aromatic N) is 2. The van der Waals surface area contributed by atoms with Crippen LogP contribution in [0.4, 0.5) is 0 Å². The molecule has 0 saturated carbocycles. The van der Waals surface area contributed by atoms with Gasteiger partial charge in [0.1, 0.15) is 0 Å². The second kappa shape index (κ2) is 4.02. The molecule has 2 heterocycles. The summed E-state index contributed by atoms with van der Waals surface area (Å²) in [6.07, 6.45) is 3.54. The van der Waals surface area contributed by atoms with Gasteiger partial charge in [-0.15, -0.1) is 0 Å². The average molecular weight is 188 g/mol. The van der Waals surface area contributed by atoms with Gasteiger partial charge in [0, 0.05) is 24.6 Å². The molecular formula is C10H12N4. The van der Waals surface area contributed by atoms with Gasteiger partial charge in [0.25, 0.3) is 0 Å². The molecule has 2 aromatic heterocycles. The maximum atomic E-state index is 5.71. The first-order chi connectivity index (χ1) is 6.92. The molecule has 0 bridgehead atoms. The third-order valence-electron chi connectivity index (χ3n) is 2.18. The summed E-state index contributed by atoms with van der Waals surface area (Å²) in [4.78, 5) is 3.14. The van der Waals surface area contributed by atoms with Crippen LogP contribution in [-0.2, 0) is 0 Å². The normalized spacial score (nSPS) is 12.6. The van der Waals surface area contributed by atoms with Crippen molar-refractivity contribution in [2.45, 2.75) is 5.92 Å². The second-order valence-electron chi connectivity index (χ2n) is 3.06. The molecule has 2 rings (SSSR count). The summed E-state index contributed by atoms with van der Waals surface area (Å²) in [6, 6.07) is 7.76. The van der Waals surface area contributed by atoms with E-state index in [1.807, 2.05) is 30.5 Å². The molecule has 0 aliphatic carbocycles. The lowest BCUT2D eigenvalue weighted by Gasteiger charge is -2.11. The summed E-state index contributed by atoms with van der Waals surface area (Å²) in [5.74, 6) is 0.110. The highest BCUT2D eigenvalue weighted by Gasteiger charge is 2.14. The van der Waals surface area contributed by atoms with Gasteiger partial charge in [-0.2, -0.15) is 10.2 Å². The monoisotopic (exact) mass is 188 g/mol. The lowest BCUT2D eigenvalue weighted by Crippen LogP contribution is -2.15. The van der Waals surface area contributed by atoms with E-state index in [0.29, 0.717) is 6.54 Å². The summed E-state index contributed by atoms with van der Waals surface area (Å²) < 4.78 is 0. The summed E-state index contributed by atoms with van der Waals surface area (Å²) in [5.41, 5.74) is 7.69. The standard InChI is InChI=1S/C10H12N4/c11-7-8(9-3-1-5-12-9)10-4-2-6-13-14-10/h1-6,8,12H,7,11H2. The number of H-pyrrole nitrogens is 1. The number of hydrogen-bond donors (Lipinski definition) is 2. The van der Waals surface area contributed by atoms with Crippen LogP contribution in [0.3, 0.4) is 0 Å². The first kappa shape index (κ1) is 8.90. The van der Waals surface area contributed by atoms with Crippen LogP contribution in [0, 0.1) is 0 Å². The zero-order valence-electron chi connectivity index (χ0n) is 7.72. The highest BCUT2D eigenvalue weighted by atomic mass is 15.1. The maximum Gasteiger partial charge on any atom is 0.0733 e. The minimum Gasteiger partial charge on any atom is -0.364 e. The molecule has 0 aromatic carbocycles. The molecule has 0 aliphatic heterocycles. The zero-order valence-corrected chi connectivity index (χ0v) is 7.72. The van der Waals surface area contributed by atoms with Crippen LogP contribution in [-0.4, -0.2) is 21.7 Å². The number of hydrogen-bond acceptors (Lipinski definition) is 3. The number of nitrogens with two attached hydrogens (primary N) is 1. The van der Waals surface area contributed by atoms with Crippen molar-refractivity contribution >= 4 is 0 Å². The van der Waals surface area contributed by atoms with Crippen molar-refractivity contribution < 1.29 is 0 Å². The van der Waals surface area contributed by atoms with Gasteiger partial charge in [-0.05, 0) is 24.3 Å². The van der Waals surface area contributed by atoms with E-state index in [9.17, 15) is 0 Å². The van der Waals surface area contributed by atoms with Gasteiger partial charge < -0.3 is 10.7 Å². The minimum atomic E-state index is 0.110. The van der Waals surface area contributed by atoms with Crippen molar-refractivity contribution in [3.05, 3.63) is 48.0 Å². The van der Waals surface area contributed by atoms with Crippen LogP contribution in [0.5, 0.6) is 0 Å². The van der Waals surface area contributed by atoms with E-state index in [1.165, 1.54) is 0 Å². The van der Waals surface area contributed by atoms with E-state index >= 15 is 0 Å². The first-order valence-corrected chi connectivity index (χ1v) is 4.53. The molecule has 1 atom stereocenters. The number of aromatic nitrogens is 3. The fourth-order valence-corrected chi connectivity index (χ4v) is 1.47. The van der Waals surface area contributed by atoms with Gasteiger partial charge in [0.05, 0.1) is 11.6 Å². The van der Waals surface area contributed by atoms with Gasteiger partial charge >= 0.3 is 0 Å². The van der Waals surface area contributed by atoms with Gasteiger partial charge in [-0.1, -0.05) is 0 Å². The van der Waals surface area contributed by atoms with E-state index in [1.54, 1.807) is 6.20 Å². The summed E-state index contributed by atoms with van der Waals surface area (Å²) in [7, 11) is 0. The maximum absolute atomic E-state index is 5.71. The van der Waals surface area contributed by atoms with Crippen molar-refractivity contribution in [3.63, 3.8) is 0 Å². The Balaban J connectivity index is 2.31. The van der Waals surface area contributed by atoms with Crippen molar-refractivity contribution in [1.29, 1.82) is 0 Å². The van der Waals surface area contributed by atoms with Crippen LogP contribution in [0.15, 0.2) is 36.7 Å². The van der Waals surface area contributed by atoms with Crippen LogP contribution >= 0.6 is 0 Å². The van der Waals surface area contributed by atoms with Crippen LogP contribution in [0.2, 0.25) is 0 Å². The Kier molecular flexibility index (Phi) is 2.55. The SMILES string of the molecule is NCC(c1cccnn1)c1ccc[nH]1. The molecule has 0 fully saturated rings. The third kappa shape index (κ3) is 1.65. The molecule has 0 spiro atoms. The number of rotatable bonds is 3. The molecule has 4 nitrogen and oxygen atoms in total. The van der Waals surface area contributed by atoms with Gasteiger partial charge in [0.15, 0.2) is 0 Å². The first-order valence-electron chi connectivity index (χ1n) is 4.53. The van der Waals surface area contributed by atoms with Gasteiger partial charge in [-0.3, -0.25) is 0 Å². The molecule has 0 saturated heterocycles. The quantitative estimate of drug-likeness (QED) is 0.751. The van der Waals surface area contributed by atoms with Crippen LogP contribution < -0.4 is 5.73 Å². The van der Waals surface area contributed by atoms with Gasteiger partial charge in [0.2, 0.25) is 0 Å². The average Bonchev–Trinajstić information content (AvgIpc) is 2.74. The highest BCUT2D eigenvalue weighted by Crippen LogP contribution is 2.18. The topological polar surface area (TPSA) is 67.6 Å². The highest BCUT2D eigenvalue weighted by molar-refractivity contribution is 5.22. The number of aromatic amines is 1. The Bertz CT molecular complexity index is 368. The van der Waals surface area contributed by atoms with E-state index in [4.69, 9.17) is 5.73 Å². The van der Waals surface area contributed by atoms with E-state index < -0.39 is 0 Å². The molecule has 3 N–H and O–H groups in total. The zero-order chi connectivity index (χ0) is 9.80. The van der Waals surface area contributed by atoms with Crippen molar-refractivity contribution in [2.24, 2.45) is 5.73 Å². The molecule has 4 heteroatoms. The summed E-state index contributed by atoms with van der Waals surface area (Å²) in [6.45, 7) is 0.527. The summed E-state index contributed by atoms with van der Waals surface area (Å²) >= 11 is 0. The molecule has 0 aliphatic rings. The lowest BCUT2D eigenvalue weighted by molar-refractivity contribution is 0.743. The fraction of sp³-hybridized carbons (Fsp3) is 0.200.